The van der Waals surface area contributed by atoms with Crippen LogP contribution in [0, 0.1) is 13.8 Å². The van der Waals surface area contributed by atoms with E-state index >= 15 is 0 Å². The number of aryl methyl sites for hydroxylation is 2. The van der Waals surface area contributed by atoms with Crippen LogP contribution in [0.1, 0.15) is 35.4 Å². The van der Waals surface area contributed by atoms with E-state index in [1.807, 2.05) is 24.8 Å². The van der Waals surface area contributed by atoms with Crippen LogP contribution >= 0.6 is 0 Å². The van der Waals surface area contributed by atoms with Crippen molar-refractivity contribution in [3.05, 3.63) is 59.1 Å². The summed E-state index contributed by atoms with van der Waals surface area (Å²) in [6.07, 6.45) is 6.34. The number of carbonyl (C=O) groups is 1. The fraction of sp³-hybridized carbons (Fsp3) is 0.333. The van der Waals surface area contributed by atoms with Gasteiger partial charge in [-0.2, -0.15) is 0 Å². The van der Waals surface area contributed by atoms with E-state index in [4.69, 9.17) is 4.52 Å². The molecule has 26 heavy (non-hydrogen) atoms. The largest absolute Gasteiger partial charge is 0.361 e. The number of carbonyl (C=O) groups excluding carboxylic acids is 1. The number of H-pyrrole nitrogens is 1. The van der Waals surface area contributed by atoms with Crippen molar-refractivity contribution in [2.45, 2.75) is 33.1 Å². The van der Waals surface area contributed by atoms with Gasteiger partial charge < -0.3 is 14.4 Å². The van der Waals surface area contributed by atoms with Gasteiger partial charge >= 0.3 is 0 Å². The Balaban J connectivity index is 1.41. The van der Waals surface area contributed by atoms with E-state index in [0.29, 0.717) is 19.4 Å². The lowest BCUT2D eigenvalue weighted by Gasteiger charge is -2.26. The fourth-order valence-corrected chi connectivity index (χ4v) is 3.73. The maximum atomic E-state index is 12.6. The number of nitrogens with zero attached hydrogens (tertiary/aromatic N) is 2. The summed E-state index contributed by atoms with van der Waals surface area (Å²) in [6.45, 7) is 5.27. The van der Waals surface area contributed by atoms with Gasteiger partial charge in [-0.3, -0.25) is 4.79 Å². The highest BCUT2D eigenvalue weighted by Gasteiger charge is 2.20. The number of hydrogen-bond donors (Lipinski definition) is 1. The van der Waals surface area contributed by atoms with Crippen LogP contribution in [-0.4, -0.2) is 34.0 Å². The summed E-state index contributed by atoms with van der Waals surface area (Å²) >= 11 is 0. The van der Waals surface area contributed by atoms with Crippen molar-refractivity contribution in [2.75, 3.05) is 13.1 Å². The zero-order chi connectivity index (χ0) is 18.1. The lowest BCUT2D eigenvalue weighted by molar-refractivity contribution is -0.130. The Bertz CT molecular complexity index is 961. The first kappa shape index (κ1) is 16.6. The van der Waals surface area contributed by atoms with Crippen LogP contribution in [-0.2, 0) is 11.2 Å². The normalized spacial score (nSPS) is 14.7. The van der Waals surface area contributed by atoms with Crippen molar-refractivity contribution < 1.29 is 9.32 Å². The molecule has 1 aliphatic heterocycles. The van der Waals surface area contributed by atoms with Gasteiger partial charge in [0.15, 0.2) is 0 Å². The molecule has 4 rings (SSSR count). The maximum Gasteiger partial charge on any atom is 0.223 e. The number of rotatable bonds is 4. The average Bonchev–Trinajstić information content (AvgIpc) is 3.23. The molecule has 1 amide bonds. The Morgan fingerprint density at radius 3 is 2.88 bits per heavy atom. The van der Waals surface area contributed by atoms with E-state index in [9.17, 15) is 4.79 Å². The molecule has 0 fully saturated rings. The highest BCUT2D eigenvalue weighted by Crippen LogP contribution is 2.29. The maximum absolute atomic E-state index is 12.6. The highest BCUT2D eigenvalue weighted by atomic mass is 16.5. The van der Waals surface area contributed by atoms with Crippen molar-refractivity contribution in [3.63, 3.8) is 0 Å². The standard InChI is InChI=1S/C21H23N3O2/c1-14-17(15(2)26-23-14)7-8-21(25)24-11-9-16(10-12-24)19-13-22-20-6-4-3-5-18(19)20/h3-6,9,13,22H,7-8,10-12H2,1-2H3. The molecule has 1 aromatic carbocycles. The van der Waals surface area contributed by atoms with E-state index < -0.39 is 0 Å². The predicted molar refractivity (Wildman–Crippen MR) is 102 cm³/mol. The molecule has 2 aromatic heterocycles. The predicted octanol–water partition coefficient (Wildman–Crippen LogP) is 4.02. The first-order chi connectivity index (χ1) is 12.6. The van der Waals surface area contributed by atoms with Crippen molar-refractivity contribution in [2.24, 2.45) is 0 Å². The summed E-state index contributed by atoms with van der Waals surface area (Å²) in [4.78, 5) is 17.8. The number of nitrogens with one attached hydrogen (secondary N) is 1. The third-order valence-corrected chi connectivity index (χ3v) is 5.27. The molecule has 134 valence electrons. The van der Waals surface area contributed by atoms with Crippen molar-refractivity contribution in [3.8, 4) is 0 Å². The zero-order valence-corrected chi connectivity index (χ0v) is 15.2. The minimum atomic E-state index is 0.194. The molecule has 1 aliphatic rings. The highest BCUT2D eigenvalue weighted by molar-refractivity contribution is 5.93. The molecule has 3 aromatic rings. The van der Waals surface area contributed by atoms with E-state index in [1.54, 1.807) is 0 Å². The second-order valence-electron chi connectivity index (χ2n) is 6.87. The Morgan fingerprint density at radius 1 is 1.31 bits per heavy atom. The summed E-state index contributed by atoms with van der Waals surface area (Å²) in [7, 11) is 0. The minimum Gasteiger partial charge on any atom is -0.361 e. The van der Waals surface area contributed by atoms with E-state index in [0.717, 1.165) is 35.5 Å². The molecule has 0 aliphatic carbocycles. The summed E-state index contributed by atoms with van der Waals surface area (Å²) < 4.78 is 5.18. The number of benzene rings is 1. The smallest absolute Gasteiger partial charge is 0.223 e. The summed E-state index contributed by atoms with van der Waals surface area (Å²) in [5.41, 5.74) is 5.67. The molecule has 0 spiro atoms. The van der Waals surface area contributed by atoms with Crippen molar-refractivity contribution in [1.29, 1.82) is 0 Å². The van der Waals surface area contributed by atoms with Crippen LogP contribution < -0.4 is 0 Å². The molecule has 3 heterocycles. The number of para-hydroxylation sites is 1. The van der Waals surface area contributed by atoms with Crippen LogP contribution in [0.3, 0.4) is 0 Å². The monoisotopic (exact) mass is 349 g/mol. The first-order valence-corrected chi connectivity index (χ1v) is 9.08. The molecule has 5 heteroatoms. The number of aromatic nitrogens is 2. The molecule has 0 saturated heterocycles. The second-order valence-corrected chi connectivity index (χ2v) is 6.87. The Morgan fingerprint density at radius 2 is 2.15 bits per heavy atom. The number of fused-ring (bicyclic) bond motifs is 1. The second kappa shape index (κ2) is 6.83. The zero-order valence-electron chi connectivity index (χ0n) is 15.2. The third-order valence-electron chi connectivity index (χ3n) is 5.27. The minimum absolute atomic E-state index is 0.194. The molecular formula is C21H23N3O2. The lowest BCUT2D eigenvalue weighted by Crippen LogP contribution is -2.34. The first-order valence-electron chi connectivity index (χ1n) is 9.08. The average molecular weight is 349 g/mol. The number of amides is 1. The Labute approximate surface area is 152 Å². The molecule has 0 radical (unpaired) electrons. The van der Waals surface area contributed by atoms with Gasteiger partial charge in [0.05, 0.1) is 5.69 Å². The summed E-state index contributed by atoms with van der Waals surface area (Å²) in [6, 6.07) is 8.33. The summed E-state index contributed by atoms with van der Waals surface area (Å²) in [5.74, 6) is 1.01. The lowest BCUT2D eigenvalue weighted by atomic mass is 9.98. The SMILES string of the molecule is Cc1noc(C)c1CCC(=O)N1CC=C(c2c[nH]c3ccccc23)CC1. The van der Waals surface area contributed by atoms with Gasteiger partial charge in [-0.1, -0.05) is 29.4 Å². The van der Waals surface area contributed by atoms with Crippen LogP contribution in [0.4, 0.5) is 0 Å². The molecule has 1 N–H and O–H groups in total. The van der Waals surface area contributed by atoms with Gasteiger partial charge in [0.2, 0.25) is 5.91 Å². The van der Waals surface area contributed by atoms with E-state index in [1.165, 1.54) is 16.5 Å². The molecule has 0 unspecified atom stereocenters. The topological polar surface area (TPSA) is 62.1 Å². The third kappa shape index (κ3) is 3.05. The Kier molecular flexibility index (Phi) is 4.37. The van der Waals surface area contributed by atoms with Crippen LogP contribution in [0.15, 0.2) is 41.1 Å². The van der Waals surface area contributed by atoms with Crippen LogP contribution in [0.5, 0.6) is 0 Å². The number of aromatic amines is 1. The van der Waals surface area contributed by atoms with Crippen molar-refractivity contribution in [1.82, 2.24) is 15.0 Å². The molecule has 5 nitrogen and oxygen atoms in total. The molecule has 0 saturated carbocycles. The summed E-state index contributed by atoms with van der Waals surface area (Å²) in [5, 5.41) is 5.20. The Hall–Kier alpha value is -2.82. The molecular weight excluding hydrogens is 326 g/mol. The van der Waals surface area contributed by atoms with Gasteiger partial charge in [-0.05, 0) is 38.3 Å². The molecule has 0 bridgehead atoms. The van der Waals surface area contributed by atoms with Gasteiger partial charge in [0.1, 0.15) is 5.76 Å². The van der Waals surface area contributed by atoms with Crippen molar-refractivity contribution >= 4 is 22.4 Å². The fourth-order valence-electron chi connectivity index (χ4n) is 3.73. The number of hydrogen-bond acceptors (Lipinski definition) is 3. The van der Waals surface area contributed by atoms with E-state index in [-0.39, 0.29) is 5.91 Å². The van der Waals surface area contributed by atoms with Crippen LogP contribution in [0.2, 0.25) is 0 Å². The molecule has 0 atom stereocenters. The quantitative estimate of drug-likeness (QED) is 0.774. The van der Waals surface area contributed by atoms with E-state index in [2.05, 4.69) is 40.6 Å². The van der Waals surface area contributed by atoms with Gasteiger partial charge in [-0.25, -0.2) is 0 Å². The van der Waals surface area contributed by atoms with Gasteiger partial charge in [0.25, 0.3) is 0 Å². The van der Waals surface area contributed by atoms with Crippen LogP contribution in [0.25, 0.3) is 16.5 Å². The van der Waals surface area contributed by atoms with Gasteiger partial charge in [-0.15, -0.1) is 0 Å². The van der Waals surface area contributed by atoms with Gasteiger partial charge in [0, 0.05) is 47.7 Å².